The monoisotopic (exact) mass is 376 g/mol. The lowest BCUT2D eigenvalue weighted by Gasteiger charge is -2.48. The smallest absolute Gasteiger partial charge is 0.337 e. The van der Waals surface area contributed by atoms with Crippen LogP contribution in [0.5, 0.6) is 0 Å². The molecule has 2 aliphatic rings. The van der Waals surface area contributed by atoms with Crippen LogP contribution in [0.1, 0.15) is 48.0 Å². The number of nitrogens with one attached hydrogen (secondary N) is 1. The van der Waals surface area contributed by atoms with Gasteiger partial charge in [0.05, 0.1) is 25.9 Å². The van der Waals surface area contributed by atoms with Crippen LogP contribution in [-0.4, -0.2) is 61.4 Å². The van der Waals surface area contributed by atoms with E-state index in [0.29, 0.717) is 5.56 Å². The number of morpholine rings is 1. The maximum Gasteiger partial charge on any atom is 0.337 e. The summed E-state index contributed by atoms with van der Waals surface area (Å²) in [7, 11) is 1.39. The second kappa shape index (κ2) is 8.93. The normalized spacial score (nSPS) is 20.3. The fourth-order valence-corrected chi connectivity index (χ4v) is 4.28. The molecule has 2 fully saturated rings. The third-order valence-corrected chi connectivity index (χ3v) is 5.99. The Morgan fingerprint density at radius 2 is 1.77 bits per heavy atom. The van der Waals surface area contributed by atoms with Crippen LogP contribution in [0.4, 0.5) is 0 Å². The molecular formula is C20H28N2O3S. The molecule has 1 aromatic carbocycles. The minimum absolute atomic E-state index is 0.179. The molecule has 142 valence electrons. The SMILES string of the molecule is COC(=O)c1ccc(C(=S)NCC2(N3CCOCC3)CCCCC2)cc1. The summed E-state index contributed by atoms with van der Waals surface area (Å²) in [6, 6.07) is 7.27. The molecule has 1 heterocycles. The van der Waals surface area contributed by atoms with E-state index in [2.05, 4.69) is 10.2 Å². The highest BCUT2D eigenvalue weighted by atomic mass is 32.1. The summed E-state index contributed by atoms with van der Waals surface area (Å²) < 4.78 is 10.3. The summed E-state index contributed by atoms with van der Waals surface area (Å²) in [4.78, 5) is 14.9. The Balaban J connectivity index is 1.64. The van der Waals surface area contributed by atoms with Gasteiger partial charge in [0, 0.05) is 30.7 Å². The Hall–Kier alpha value is -1.50. The molecule has 26 heavy (non-hydrogen) atoms. The minimum Gasteiger partial charge on any atom is -0.465 e. The van der Waals surface area contributed by atoms with Gasteiger partial charge in [0.25, 0.3) is 0 Å². The Kier molecular flexibility index (Phi) is 6.62. The number of esters is 1. The molecule has 0 spiro atoms. The highest BCUT2D eigenvalue weighted by Crippen LogP contribution is 2.34. The molecule has 0 unspecified atom stereocenters. The fourth-order valence-electron chi connectivity index (χ4n) is 4.07. The van der Waals surface area contributed by atoms with E-state index in [9.17, 15) is 4.79 Å². The van der Waals surface area contributed by atoms with Gasteiger partial charge in [-0.15, -0.1) is 0 Å². The molecule has 6 heteroatoms. The summed E-state index contributed by atoms with van der Waals surface area (Å²) in [5.41, 5.74) is 1.65. The van der Waals surface area contributed by atoms with Crippen LogP contribution in [0.25, 0.3) is 0 Å². The van der Waals surface area contributed by atoms with Gasteiger partial charge in [-0.25, -0.2) is 4.79 Å². The van der Waals surface area contributed by atoms with Crippen LogP contribution < -0.4 is 5.32 Å². The fraction of sp³-hybridized carbons (Fsp3) is 0.600. The number of methoxy groups -OCH3 is 1. The predicted molar refractivity (Wildman–Crippen MR) is 106 cm³/mol. The van der Waals surface area contributed by atoms with Crippen molar-refractivity contribution < 1.29 is 14.3 Å². The number of benzene rings is 1. The van der Waals surface area contributed by atoms with Crippen LogP contribution in [0.2, 0.25) is 0 Å². The zero-order valence-electron chi connectivity index (χ0n) is 15.5. The third-order valence-electron chi connectivity index (χ3n) is 5.61. The van der Waals surface area contributed by atoms with Gasteiger partial charge in [0.15, 0.2) is 0 Å². The quantitative estimate of drug-likeness (QED) is 0.630. The number of nitrogens with zero attached hydrogens (tertiary/aromatic N) is 1. The second-order valence-corrected chi connectivity index (χ2v) is 7.54. The van der Waals surface area contributed by atoms with E-state index in [4.69, 9.17) is 21.7 Å². The summed E-state index contributed by atoms with van der Waals surface area (Å²) in [6.07, 6.45) is 6.30. The summed E-state index contributed by atoms with van der Waals surface area (Å²) in [5, 5.41) is 3.50. The standard InChI is InChI=1S/C20H28N2O3S/c1-24-19(23)17-7-5-16(6-8-17)18(26)21-15-20(9-3-2-4-10-20)22-11-13-25-14-12-22/h5-8H,2-4,9-15H2,1H3,(H,21,26). The Morgan fingerprint density at radius 3 is 2.38 bits per heavy atom. The molecule has 1 saturated heterocycles. The van der Waals surface area contributed by atoms with Crippen LogP contribution in [0, 0.1) is 0 Å². The molecule has 0 aromatic heterocycles. The topological polar surface area (TPSA) is 50.8 Å². The van der Waals surface area contributed by atoms with Crippen molar-refractivity contribution in [3.63, 3.8) is 0 Å². The average molecular weight is 377 g/mol. The maximum absolute atomic E-state index is 11.6. The van der Waals surface area contributed by atoms with E-state index in [1.165, 1.54) is 39.2 Å². The first kappa shape index (κ1) is 19.3. The van der Waals surface area contributed by atoms with E-state index in [1.54, 1.807) is 12.1 Å². The zero-order valence-corrected chi connectivity index (χ0v) is 16.3. The van der Waals surface area contributed by atoms with Gasteiger partial charge < -0.3 is 14.8 Å². The molecule has 0 bridgehead atoms. The Bertz CT molecular complexity index is 620. The third kappa shape index (κ3) is 4.42. The lowest BCUT2D eigenvalue weighted by atomic mass is 9.79. The average Bonchev–Trinajstić information content (AvgIpc) is 2.73. The molecule has 5 nitrogen and oxygen atoms in total. The van der Waals surface area contributed by atoms with Gasteiger partial charge in [-0.05, 0) is 25.0 Å². The molecule has 1 aromatic rings. The van der Waals surface area contributed by atoms with Crippen molar-refractivity contribution in [1.29, 1.82) is 0 Å². The molecule has 1 saturated carbocycles. The van der Waals surface area contributed by atoms with Crippen molar-refractivity contribution >= 4 is 23.2 Å². The Labute approximate surface area is 161 Å². The van der Waals surface area contributed by atoms with Gasteiger partial charge in [-0.3, -0.25) is 4.90 Å². The van der Waals surface area contributed by atoms with Crippen molar-refractivity contribution in [2.24, 2.45) is 0 Å². The van der Waals surface area contributed by atoms with E-state index in [0.717, 1.165) is 43.4 Å². The number of rotatable bonds is 5. The highest BCUT2D eigenvalue weighted by Gasteiger charge is 2.38. The molecule has 3 rings (SSSR count). The number of ether oxygens (including phenoxy) is 2. The van der Waals surface area contributed by atoms with Crippen molar-refractivity contribution in [2.75, 3.05) is 40.0 Å². The molecule has 0 radical (unpaired) electrons. The molecule has 1 aliphatic heterocycles. The summed E-state index contributed by atoms with van der Waals surface area (Å²) in [5.74, 6) is -0.330. The minimum atomic E-state index is -0.330. The molecular weight excluding hydrogens is 348 g/mol. The van der Waals surface area contributed by atoms with Crippen molar-refractivity contribution in [3.8, 4) is 0 Å². The Morgan fingerprint density at radius 1 is 1.15 bits per heavy atom. The molecule has 1 N–H and O–H groups in total. The molecule has 1 aliphatic carbocycles. The lowest BCUT2D eigenvalue weighted by Crippen LogP contribution is -2.59. The van der Waals surface area contributed by atoms with Crippen LogP contribution in [0.3, 0.4) is 0 Å². The van der Waals surface area contributed by atoms with Crippen molar-refractivity contribution in [2.45, 2.75) is 37.6 Å². The largest absolute Gasteiger partial charge is 0.465 e. The van der Waals surface area contributed by atoms with Crippen molar-refractivity contribution in [3.05, 3.63) is 35.4 Å². The van der Waals surface area contributed by atoms with E-state index < -0.39 is 0 Å². The predicted octanol–water partition coefficient (Wildman–Crippen LogP) is 2.77. The first-order chi connectivity index (χ1) is 12.6. The van der Waals surface area contributed by atoms with Crippen LogP contribution >= 0.6 is 12.2 Å². The van der Waals surface area contributed by atoms with E-state index in [1.807, 2.05) is 12.1 Å². The summed E-state index contributed by atoms with van der Waals surface area (Å²) >= 11 is 5.61. The first-order valence-corrected chi connectivity index (χ1v) is 9.85. The molecule has 0 amide bonds. The number of hydrogen-bond donors (Lipinski definition) is 1. The highest BCUT2D eigenvalue weighted by molar-refractivity contribution is 7.80. The first-order valence-electron chi connectivity index (χ1n) is 9.44. The number of thiocarbonyl (C=S) groups is 1. The van der Waals surface area contributed by atoms with E-state index in [-0.39, 0.29) is 11.5 Å². The van der Waals surface area contributed by atoms with Gasteiger partial charge >= 0.3 is 5.97 Å². The van der Waals surface area contributed by atoms with Gasteiger partial charge in [-0.2, -0.15) is 0 Å². The van der Waals surface area contributed by atoms with Gasteiger partial charge in [0.1, 0.15) is 4.99 Å². The number of carbonyl (C=O) groups excluding carboxylic acids is 1. The van der Waals surface area contributed by atoms with Crippen molar-refractivity contribution in [1.82, 2.24) is 10.2 Å². The molecule has 0 atom stereocenters. The number of hydrogen-bond acceptors (Lipinski definition) is 5. The second-order valence-electron chi connectivity index (χ2n) is 7.14. The number of carbonyl (C=O) groups is 1. The summed E-state index contributed by atoms with van der Waals surface area (Å²) in [6.45, 7) is 4.51. The van der Waals surface area contributed by atoms with Gasteiger partial charge in [-0.1, -0.05) is 43.6 Å². The zero-order chi connectivity index (χ0) is 18.4. The lowest BCUT2D eigenvalue weighted by molar-refractivity contribution is -0.0351. The van der Waals surface area contributed by atoms with Crippen LogP contribution in [0.15, 0.2) is 24.3 Å². The van der Waals surface area contributed by atoms with Gasteiger partial charge in [0.2, 0.25) is 0 Å². The van der Waals surface area contributed by atoms with E-state index >= 15 is 0 Å². The van der Waals surface area contributed by atoms with Crippen LogP contribution in [-0.2, 0) is 9.47 Å². The maximum atomic E-state index is 11.6.